The third kappa shape index (κ3) is 3.54. The second-order valence-corrected chi connectivity index (χ2v) is 8.57. The highest BCUT2D eigenvalue weighted by Crippen LogP contribution is 2.31. The number of hydrogen-bond donors (Lipinski definition) is 2. The average molecular weight is 370 g/mol. The Kier molecular flexibility index (Phi) is 4.58. The summed E-state index contributed by atoms with van der Waals surface area (Å²) in [6.45, 7) is 5.70. The Morgan fingerprint density at radius 2 is 2.20 bits per heavy atom. The number of nitrogens with zero attached hydrogens (tertiary/aromatic N) is 3. The van der Waals surface area contributed by atoms with Gasteiger partial charge >= 0.3 is 0 Å². The van der Waals surface area contributed by atoms with Crippen LogP contribution in [0.25, 0.3) is 0 Å². The summed E-state index contributed by atoms with van der Waals surface area (Å²) in [4.78, 5) is 18.6. The lowest BCUT2D eigenvalue weighted by molar-refractivity contribution is -0.134. The first-order valence-corrected chi connectivity index (χ1v) is 9.80. The van der Waals surface area contributed by atoms with E-state index in [2.05, 4.69) is 14.9 Å². The van der Waals surface area contributed by atoms with Crippen molar-refractivity contribution in [3.8, 4) is 0 Å². The molecule has 2 aliphatic heterocycles. The molecule has 3 rings (SSSR count). The summed E-state index contributed by atoms with van der Waals surface area (Å²) < 4.78 is 30.9. The predicted molar refractivity (Wildman–Crippen MR) is 89.3 cm³/mol. The maximum absolute atomic E-state index is 13.2. The van der Waals surface area contributed by atoms with E-state index in [1.54, 1.807) is 13.0 Å². The van der Waals surface area contributed by atoms with Crippen LogP contribution in [-0.4, -0.2) is 59.9 Å². The number of sulfonamides is 1. The number of nitrogens with one attached hydrogen (secondary N) is 1. The van der Waals surface area contributed by atoms with E-state index in [1.807, 2.05) is 13.8 Å². The normalized spacial score (nSPS) is 26.6. The Balaban J connectivity index is 1.88. The highest BCUT2D eigenvalue weighted by molar-refractivity contribution is 7.90. The van der Waals surface area contributed by atoms with E-state index in [0.29, 0.717) is 11.5 Å². The van der Waals surface area contributed by atoms with E-state index in [0.717, 1.165) is 0 Å². The molecule has 0 aromatic carbocycles. The summed E-state index contributed by atoms with van der Waals surface area (Å²) in [5.74, 6) is -0.534. The Hall–Kier alpha value is -1.94. The molecular weight excluding hydrogens is 348 g/mol. The lowest BCUT2D eigenvalue weighted by Gasteiger charge is -2.29. The molecular formula is C15H22N4O5S. The van der Waals surface area contributed by atoms with Gasteiger partial charge in [-0.05, 0) is 12.8 Å². The first-order chi connectivity index (χ1) is 11.7. The minimum Gasteiger partial charge on any atom is -0.391 e. The van der Waals surface area contributed by atoms with Gasteiger partial charge < -0.3 is 14.5 Å². The summed E-state index contributed by atoms with van der Waals surface area (Å²) in [5, 5.41) is 13.9. The fraction of sp³-hybridized carbons (Fsp3) is 0.667. The third-order valence-corrected chi connectivity index (χ3v) is 5.42. The molecule has 0 bridgehead atoms. The number of hydrogen-bond acceptors (Lipinski definition) is 7. The van der Waals surface area contributed by atoms with Crippen molar-refractivity contribution in [2.75, 3.05) is 12.4 Å². The van der Waals surface area contributed by atoms with E-state index in [4.69, 9.17) is 4.52 Å². The van der Waals surface area contributed by atoms with Gasteiger partial charge in [0, 0.05) is 19.0 Å². The molecule has 0 unspecified atom stereocenters. The zero-order valence-corrected chi connectivity index (χ0v) is 15.2. The molecule has 1 amide bonds. The largest absolute Gasteiger partial charge is 0.391 e. The molecule has 3 heterocycles. The van der Waals surface area contributed by atoms with Crippen molar-refractivity contribution in [2.45, 2.75) is 45.3 Å². The molecule has 2 aliphatic rings. The van der Waals surface area contributed by atoms with Gasteiger partial charge in [0.25, 0.3) is 10.0 Å². The van der Waals surface area contributed by atoms with Crippen LogP contribution >= 0.6 is 0 Å². The highest BCUT2D eigenvalue weighted by atomic mass is 32.2. The minimum absolute atomic E-state index is 0.0551. The number of rotatable bonds is 4. The number of likely N-dealkylation sites (tertiary alicyclic amines) is 1. The van der Waals surface area contributed by atoms with E-state index in [9.17, 15) is 18.3 Å². The van der Waals surface area contributed by atoms with Crippen LogP contribution in [0.5, 0.6) is 0 Å². The zero-order valence-electron chi connectivity index (χ0n) is 14.3. The van der Waals surface area contributed by atoms with Gasteiger partial charge in [0.1, 0.15) is 17.5 Å². The van der Waals surface area contributed by atoms with Crippen molar-refractivity contribution in [1.29, 1.82) is 0 Å². The third-order valence-electron chi connectivity index (χ3n) is 4.43. The van der Waals surface area contributed by atoms with Crippen LogP contribution in [0.4, 0.5) is 0 Å². The number of amidine groups is 1. The van der Waals surface area contributed by atoms with Gasteiger partial charge in [-0.3, -0.25) is 14.5 Å². The summed E-state index contributed by atoms with van der Waals surface area (Å²) in [6.07, 6.45) is -0.487. The lowest BCUT2D eigenvalue weighted by atomic mass is 9.91. The smallest absolute Gasteiger partial charge is 0.254 e. The van der Waals surface area contributed by atoms with Crippen molar-refractivity contribution >= 4 is 21.8 Å². The SMILES string of the molecule is Cc1cc([C@H](C(=O)N2C[C@H](O)C[C@@H]2C2=NCS(=O)(=O)N2)C(C)C)on1. The van der Waals surface area contributed by atoms with Crippen LogP contribution in [-0.2, 0) is 14.8 Å². The van der Waals surface area contributed by atoms with E-state index < -0.39 is 28.1 Å². The molecule has 0 spiro atoms. The minimum atomic E-state index is -3.49. The van der Waals surface area contributed by atoms with Crippen molar-refractivity contribution < 1.29 is 22.8 Å². The van der Waals surface area contributed by atoms with Crippen molar-refractivity contribution in [3.63, 3.8) is 0 Å². The van der Waals surface area contributed by atoms with Crippen LogP contribution in [0.15, 0.2) is 15.6 Å². The average Bonchev–Trinajstić information content (AvgIpc) is 3.18. The first-order valence-electron chi connectivity index (χ1n) is 8.14. The Morgan fingerprint density at radius 3 is 2.72 bits per heavy atom. The van der Waals surface area contributed by atoms with E-state index >= 15 is 0 Å². The van der Waals surface area contributed by atoms with Gasteiger partial charge in [-0.25, -0.2) is 8.42 Å². The van der Waals surface area contributed by atoms with Crippen LogP contribution in [0.1, 0.15) is 37.6 Å². The number of aromatic nitrogens is 1. The van der Waals surface area contributed by atoms with Crippen molar-refractivity contribution in [1.82, 2.24) is 14.8 Å². The van der Waals surface area contributed by atoms with Crippen LogP contribution in [0, 0.1) is 12.8 Å². The molecule has 25 heavy (non-hydrogen) atoms. The Bertz CT molecular complexity index is 801. The van der Waals surface area contributed by atoms with Crippen LogP contribution < -0.4 is 4.72 Å². The van der Waals surface area contributed by atoms with E-state index in [-0.39, 0.29) is 36.5 Å². The van der Waals surface area contributed by atoms with Gasteiger partial charge in [0.05, 0.1) is 17.8 Å². The number of β-amino-alcohol motifs (C(OH)–C–C–N with tert-alkyl or cyclic N) is 1. The predicted octanol–water partition coefficient (Wildman–Crippen LogP) is -0.0266. The molecule has 138 valence electrons. The van der Waals surface area contributed by atoms with E-state index in [1.165, 1.54) is 4.90 Å². The van der Waals surface area contributed by atoms with Crippen molar-refractivity contribution in [2.24, 2.45) is 10.9 Å². The highest BCUT2D eigenvalue weighted by Gasteiger charge is 2.43. The number of aliphatic imine (C=N–C) groups is 1. The fourth-order valence-corrected chi connectivity index (χ4v) is 4.21. The quantitative estimate of drug-likeness (QED) is 0.767. The lowest BCUT2D eigenvalue weighted by Crippen LogP contribution is -2.47. The molecule has 1 fully saturated rings. The Labute approximate surface area is 146 Å². The van der Waals surface area contributed by atoms with Crippen LogP contribution in [0.2, 0.25) is 0 Å². The van der Waals surface area contributed by atoms with Gasteiger partial charge in [-0.2, -0.15) is 0 Å². The number of carbonyl (C=O) groups is 1. The molecule has 1 aromatic heterocycles. The Morgan fingerprint density at radius 1 is 1.48 bits per heavy atom. The molecule has 0 saturated carbocycles. The number of amides is 1. The van der Waals surface area contributed by atoms with Gasteiger partial charge in [0.15, 0.2) is 5.88 Å². The number of aliphatic hydroxyl groups excluding tert-OH is 1. The second-order valence-electron chi connectivity index (χ2n) is 6.88. The molecule has 3 atom stereocenters. The summed E-state index contributed by atoms with van der Waals surface area (Å²) in [6, 6.07) is 1.13. The van der Waals surface area contributed by atoms with Crippen molar-refractivity contribution in [3.05, 3.63) is 17.5 Å². The molecule has 2 N–H and O–H groups in total. The molecule has 1 aromatic rings. The van der Waals surface area contributed by atoms with Crippen LogP contribution in [0.3, 0.4) is 0 Å². The standard InChI is InChI=1S/C15H22N4O5S/c1-8(2)13(12-4-9(3)17-24-12)15(21)19-6-10(20)5-11(19)14-16-7-25(22,23)18-14/h4,8,10-11,13,20H,5-7H2,1-3H3,(H,16,18)/t10-,11-,13-/m1/s1. The topological polar surface area (TPSA) is 125 Å². The maximum Gasteiger partial charge on any atom is 0.254 e. The number of aliphatic hydroxyl groups is 1. The molecule has 0 aliphatic carbocycles. The maximum atomic E-state index is 13.2. The molecule has 1 saturated heterocycles. The summed E-state index contributed by atoms with van der Waals surface area (Å²) in [7, 11) is -3.49. The summed E-state index contributed by atoms with van der Waals surface area (Å²) >= 11 is 0. The number of aryl methyl sites for hydroxylation is 1. The van der Waals surface area contributed by atoms with Gasteiger partial charge in [-0.15, -0.1) is 0 Å². The monoisotopic (exact) mass is 370 g/mol. The fourth-order valence-electron chi connectivity index (χ4n) is 3.31. The first kappa shape index (κ1) is 17.9. The molecule has 0 radical (unpaired) electrons. The zero-order chi connectivity index (χ0) is 18.4. The molecule has 10 heteroatoms. The summed E-state index contributed by atoms with van der Waals surface area (Å²) in [5.41, 5.74) is 0.680. The molecule has 9 nitrogen and oxygen atoms in total. The number of carbonyl (C=O) groups excluding carboxylic acids is 1. The van der Waals surface area contributed by atoms with Gasteiger partial charge in [0.2, 0.25) is 5.91 Å². The second kappa shape index (κ2) is 6.41. The van der Waals surface area contributed by atoms with Gasteiger partial charge in [-0.1, -0.05) is 19.0 Å².